The lowest BCUT2D eigenvalue weighted by atomic mass is 9.87. The van der Waals surface area contributed by atoms with Crippen LogP contribution in [0.25, 0.3) is 0 Å². The van der Waals surface area contributed by atoms with Crippen LogP contribution >= 0.6 is 11.8 Å². The lowest BCUT2D eigenvalue weighted by molar-refractivity contribution is -0.118. The lowest BCUT2D eigenvalue weighted by Crippen LogP contribution is -2.45. The van der Waals surface area contributed by atoms with Crippen molar-refractivity contribution < 1.29 is 18.3 Å². The molecule has 9 heteroatoms. The molecule has 0 saturated carbocycles. The Kier molecular flexibility index (Phi) is 5.70. The summed E-state index contributed by atoms with van der Waals surface area (Å²) >= 11 is 1.24. The molecule has 162 valence electrons. The van der Waals surface area contributed by atoms with Gasteiger partial charge in [-0.2, -0.15) is 0 Å². The van der Waals surface area contributed by atoms with Crippen LogP contribution in [0.3, 0.4) is 0 Å². The Morgan fingerprint density at radius 3 is 2.55 bits per heavy atom. The van der Waals surface area contributed by atoms with Crippen LogP contribution in [0.5, 0.6) is 5.75 Å². The minimum Gasteiger partial charge on any atom is -0.486 e. The summed E-state index contributed by atoms with van der Waals surface area (Å²) in [5.74, 6) is -0.987. The number of hydrogen-bond donors (Lipinski definition) is 0. The third-order valence-corrected chi connectivity index (χ3v) is 5.87. The maximum absolute atomic E-state index is 14.2. The smallest absolute Gasteiger partial charge is 0.252 e. The van der Waals surface area contributed by atoms with E-state index in [2.05, 4.69) is 31.0 Å². The summed E-state index contributed by atoms with van der Waals surface area (Å²) in [5.41, 5.74) is 1.30. The van der Waals surface area contributed by atoms with Crippen molar-refractivity contribution in [2.24, 2.45) is 0 Å². The number of amides is 1. The van der Waals surface area contributed by atoms with Gasteiger partial charge in [0.25, 0.3) is 5.91 Å². The molecule has 6 nitrogen and oxygen atoms in total. The second-order valence-electron chi connectivity index (χ2n) is 8.23. The highest BCUT2D eigenvalue weighted by Gasteiger charge is 2.30. The first kappa shape index (κ1) is 21.3. The Hall–Kier alpha value is -2.94. The molecule has 0 atom stereocenters. The summed E-state index contributed by atoms with van der Waals surface area (Å²) in [6.45, 7) is 6.33. The number of carbonyl (C=O) groups excluding carboxylic acids is 1. The SMILES string of the molecule is CC(C)(C)c1ccc(OCc2nnc3n2N(Cc2cccc(F)c2F)C(=O)CS3)cc1. The van der Waals surface area contributed by atoms with Gasteiger partial charge in [-0.15, -0.1) is 10.2 Å². The van der Waals surface area contributed by atoms with Gasteiger partial charge in [0.1, 0.15) is 12.4 Å². The fourth-order valence-corrected chi connectivity index (χ4v) is 4.05. The molecule has 0 aliphatic carbocycles. The molecule has 0 bridgehead atoms. The van der Waals surface area contributed by atoms with Crippen molar-refractivity contribution in [3.63, 3.8) is 0 Å². The predicted molar refractivity (Wildman–Crippen MR) is 114 cm³/mol. The molecule has 0 unspecified atom stereocenters. The molecule has 31 heavy (non-hydrogen) atoms. The first-order valence-corrected chi connectivity index (χ1v) is 10.8. The second kappa shape index (κ2) is 8.30. The van der Waals surface area contributed by atoms with Crippen molar-refractivity contribution in [2.75, 3.05) is 10.8 Å². The molecule has 0 fully saturated rings. The fourth-order valence-electron chi connectivity index (χ4n) is 3.22. The van der Waals surface area contributed by atoms with E-state index in [9.17, 15) is 13.6 Å². The van der Waals surface area contributed by atoms with E-state index in [0.29, 0.717) is 16.7 Å². The number of nitrogens with zero attached hydrogens (tertiary/aromatic N) is 4. The number of halogens is 2. The molecule has 1 amide bonds. The Labute approximate surface area is 183 Å². The highest BCUT2D eigenvalue weighted by Crippen LogP contribution is 2.27. The van der Waals surface area contributed by atoms with E-state index in [4.69, 9.17) is 4.74 Å². The average Bonchev–Trinajstić information content (AvgIpc) is 3.14. The van der Waals surface area contributed by atoms with Gasteiger partial charge in [0.15, 0.2) is 17.5 Å². The van der Waals surface area contributed by atoms with Crippen molar-refractivity contribution >= 4 is 17.7 Å². The van der Waals surface area contributed by atoms with Gasteiger partial charge < -0.3 is 4.74 Å². The standard InChI is InChI=1S/C22H22F2N4O2S/c1-22(2,3)15-7-9-16(10-8-15)30-12-18-25-26-21-28(18)27(19(29)13-31-21)11-14-5-4-6-17(23)20(14)24/h4-10H,11-13H2,1-3H3. The van der Waals surface area contributed by atoms with E-state index in [0.717, 1.165) is 6.07 Å². The summed E-state index contributed by atoms with van der Waals surface area (Å²) in [4.78, 5) is 12.6. The topological polar surface area (TPSA) is 60.3 Å². The van der Waals surface area contributed by atoms with Gasteiger partial charge in [-0.1, -0.05) is 56.8 Å². The highest BCUT2D eigenvalue weighted by molar-refractivity contribution is 7.99. The summed E-state index contributed by atoms with van der Waals surface area (Å²) in [5, 5.41) is 10.1. The first-order chi connectivity index (χ1) is 14.7. The van der Waals surface area contributed by atoms with E-state index in [1.54, 1.807) is 0 Å². The van der Waals surface area contributed by atoms with Gasteiger partial charge >= 0.3 is 0 Å². The molecule has 2 aromatic carbocycles. The van der Waals surface area contributed by atoms with Crippen molar-refractivity contribution in [2.45, 2.75) is 44.5 Å². The number of benzene rings is 2. The Morgan fingerprint density at radius 2 is 1.84 bits per heavy atom. The number of thioether (sulfide) groups is 1. The van der Waals surface area contributed by atoms with Gasteiger partial charge in [-0.25, -0.2) is 18.5 Å². The molecule has 0 spiro atoms. The molecular weight excluding hydrogens is 422 g/mol. The maximum atomic E-state index is 14.2. The molecule has 1 aliphatic rings. The largest absolute Gasteiger partial charge is 0.486 e. The summed E-state index contributed by atoms with van der Waals surface area (Å²) in [6.07, 6.45) is 0. The molecular formula is C22H22F2N4O2S. The van der Waals surface area contributed by atoms with E-state index in [1.807, 2.05) is 24.3 Å². The molecule has 0 N–H and O–H groups in total. The zero-order chi connectivity index (χ0) is 22.2. The molecule has 1 aromatic heterocycles. The lowest BCUT2D eigenvalue weighted by Gasteiger charge is -2.29. The Bertz CT molecular complexity index is 1110. The van der Waals surface area contributed by atoms with Gasteiger partial charge in [0.2, 0.25) is 5.16 Å². The second-order valence-corrected chi connectivity index (χ2v) is 9.17. The van der Waals surface area contributed by atoms with Crippen LogP contribution in [-0.4, -0.2) is 26.5 Å². The number of rotatable bonds is 5. The van der Waals surface area contributed by atoms with Crippen LogP contribution in [0.15, 0.2) is 47.6 Å². The fraction of sp³-hybridized carbons (Fsp3) is 0.318. The minimum atomic E-state index is -0.972. The molecule has 1 aliphatic heterocycles. The number of hydrogen-bond acceptors (Lipinski definition) is 5. The maximum Gasteiger partial charge on any atom is 0.252 e. The Morgan fingerprint density at radius 1 is 1.10 bits per heavy atom. The molecule has 0 saturated heterocycles. The van der Waals surface area contributed by atoms with Crippen LogP contribution in [0.2, 0.25) is 0 Å². The monoisotopic (exact) mass is 444 g/mol. The zero-order valence-corrected chi connectivity index (χ0v) is 18.2. The normalized spacial score (nSPS) is 14.0. The van der Waals surface area contributed by atoms with E-state index in [-0.39, 0.29) is 35.8 Å². The van der Waals surface area contributed by atoms with E-state index < -0.39 is 11.6 Å². The van der Waals surface area contributed by atoms with Gasteiger partial charge in [-0.05, 0) is 29.2 Å². The van der Waals surface area contributed by atoms with Crippen molar-refractivity contribution in [1.29, 1.82) is 0 Å². The number of carbonyl (C=O) groups is 1. The summed E-state index contributed by atoms with van der Waals surface area (Å²) in [6, 6.07) is 11.7. The van der Waals surface area contributed by atoms with Crippen LogP contribution in [-0.2, 0) is 23.4 Å². The first-order valence-electron chi connectivity index (χ1n) is 9.78. The quantitative estimate of drug-likeness (QED) is 0.590. The van der Waals surface area contributed by atoms with Crippen LogP contribution < -0.4 is 9.75 Å². The number of aromatic nitrogens is 3. The van der Waals surface area contributed by atoms with E-state index >= 15 is 0 Å². The third kappa shape index (κ3) is 4.41. The van der Waals surface area contributed by atoms with Crippen molar-refractivity contribution in [3.8, 4) is 5.75 Å². The van der Waals surface area contributed by atoms with Gasteiger partial charge in [-0.3, -0.25) is 4.79 Å². The number of fused-ring (bicyclic) bond motifs is 1. The zero-order valence-electron chi connectivity index (χ0n) is 17.4. The number of ether oxygens (including phenoxy) is 1. The average molecular weight is 445 g/mol. The van der Waals surface area contributed by atoms with Crippen molar-refractivity contribution in [1.82, 2.24) is 14.9 Å². The van der Waals surface area contributed by atoms with Crippen LogP contribution in [0, 0.1) is 11.6 Å². The minimum absolute atomic E-state index is 0.0366. The van der Waals surface area contributed by atoms with Crippen LogP contribution in [0.1, 0.15) is 37.7 Å². The summed E-state index contributed by atoms with van der Waals surface area (Å²) in [7, 11) is 0. The van der Waals surface area contributed by atoms with Crippen LogP contribution in [0.4, 0.5) is 8.78 Å². The third-order valence-electron chi connectivity index (χ3n) is 4.97. The van der Waals surface area contributed by atoms with Gasteiger partial charge in [0, 0.05) is 5.56 Å². The molecule has 2 heterocycles. The molecule has 0 radical (unpaired) electrons. The molecule has 4 rings (SSSR count). The Balaban J connectivity index is 1.56. The van der Waals surface area contributed by atoms with Gasteiger partial charge in [0.05, 0.1) is 12.3 Å². The van der Waals surface area contributed by atoms with Crippen molar-refractivity contribution in [3.05, 3.63) is 71.1 Å². The highest BCUT2D eigenvalue weighted by atomic mass is 32.2. The van der Waals surface area contributed by atoms with E-state index in [1.165, 1.54) is 39.1 Å². The molecule has 3 aromatic rings. The summed E-state index contributed by atoms with van der Waals surface area (Å²) < 4.78 is 35.2. The predicted octanol–water partition coefficient (Wildman–Crippen LogP) is 4.20.